The first kappa shape index (κ1) is 31.7. The molecule has 6 nitrogen and oxygen atoms in total. The van der Waals surface area contributed by atoms with E-state index in [1.165, 1.54) is 5.56 Å². The Balaban J connectivity index is 1.07. The predicted octanol–water partition coefficient (Wildman–Crippen LogP) is 13.1. The van der Waals surface area contributed by atoms with Gasteiger partial charge in [-0.15, -0.1) is 0 Å². The van der Waals surface area contributed by atoms with Gasteiger partial charge in [0.2, 0.25) is 0 Å². The summed E-state index contributed by atoms with van der Waals surface area (Å²) in [4.78, 5) is 18.0. The molecule has 2 atom stereocenters. The summed E-state index contributed by atoms with van der Waals surface area (Å²) in [6.07, 6.45) is 8.89. The predicted molar refractivity (Wildman–Crippen MR) is 230 cm³/mol. The highest BCUT2D eigenvalue weighted by Gasteiger charge is 2.40. The van der Waals surface area contributed by atoms with Gasteiger partial charge in [0.05, 0.1) is 17.3 Å². The standard InChI is InChI=1S/C51H32N4O2/c1-3-13-31(14-4-1)32-15-11-16-33(29-32)49-52-50(34-25-26-38-37-20-8-10-24-44(37)56-45(38)30-34)54-51(53-49)42-22-12-21-40-41-28-27-39-36-19-7-9-23-43(36)55(35-17-5-2-6-18-35)46(39)48(41)57-47(40)42/h1-30,36,43H. The molecule has 0 bridgehead atoms. The van der Waals surface area contributed by atoms with Crippen molar-refractivity contribution in [3.8, 4) is 45.3 Å². The van der Waals surface area contributed by atoms with Crippen LogP contribution in [0.25, 0.3) is 89.2 Å². The van der Waals surface area contributed by atoms with Gasteiger partial charge in [0.25, 0.3) is 0 Å². The molecule has 0 amide bonds. The summed E-state index contributed by atoms with van der Waals surface area (Å²) in [6.45, 7) is 0. The van der Waals surface area contributed by atoms with Crippen LogP contribution in [-0.4, -0.2) is 21.0 Å². The van der Waals surface area contributed by atoms with Crippen molar-refractivity contribution < 1.29 is 8.83 Å². The van der Waals surface area contributed by atoms with E-state index >= 15 is 0 Å². The lowest BCUT2D eigenvalue weighted by atomic mass is 9.91. The van der Waals surface area contributed by atoms with Crippen LogP contribution in [0.15, 0.2) is 191 Å². The SMILES string of the molecule is C1=CC2c3ccc4c(oc5c(-c6nc(-c7cccc(-c8ccccc8)c7)nc(-c7ccc8c(c7)oc7ccccc78)n6)cccc54)c3N(c3ccccc3)C2C=C1. The van der Waals surface area contributed by atoms with E-state index in [0.29, 0.717) is 17.5 Å². The highest BCUT2D eigenvalue weighted by Crippen LogP contribution is 2.52. The van der Waals surface area contributed by atoms with Crippen LogP contribution in [0.3, 0.4) is 0 Å². The Bertz CT molecular complexity index is 3270. The van der Waals surface area contributed by atoms with E-state index in [0.717, 1.165) is 83.1 Å². The van der Waals surface area contributed by atoms with Gasteiger partial charge < -0.3 is 13.7 Å². The van der Waals surface area contributed by atoms with Crippen LogP contribution in [-0.2, 0) is 0 Å². The quantitative estimate of drug-likeness (QED) is 0.175. The molecule has 0 spiro atoms. The van der Waals surface area contributed by atoms with E-state index in [9.17, 15) is 0 Å². The zero-order valence-electron chi connectivity index (χ0n) is 30.6. The summed E-state index contributed by atoms with van der Waals surface area (Å²) in [6, 6.07) is 54.6. The smallest absolute Gasteiger partial charge is 0.167 e. The molecule has 3 aromatic heterocycles. The van der Waals surface area contributed by atoms with Crippen molar-refractivity contribution in [1.82, 2.24) is 15.0 Å². The Hall–Kier alpha value is -7.57. The summed E-state index contributed by atoms with van der Waals surface area (Å²) < 4.78 is 13.4. The fourth-order valence-electron chi connectivity index (χ4n) is 8.81. The number of fused-ring (bicyclic) bond motifs is 10. The molecule has 0 saturated carbocycles. The molecule has 0 saturated heterocycles. The van der Waals surface area contributed by atoms with Gasteiger partial charge in [-0.1, -0.05) is 140 Å². The van der Waals surface area contributed by atoms with E-state index in [1.807, 2.05) is 30.3 Å². The number of hydrogen-bond donors (Lipinski definition) is 0. The minimum atomic E-state index is 0.148. The van der Waals surface area contributed by atoms with Crippen molar-refractivity contribution in [3.05, 3.63) is 188 Å². The highest BCUT2D eigenvalue weighted by molar-refractivity contribution is 6.14. The summed E-state index contributed by atoms with van der Waals surface area (Å²) in [5.74, 6) is 1.87. The maximum atomic E-state index is 7.09. The van der Waals surface area contributed by atoms with Crippen LogP contribution in [0.1, 0.15) is 11.5 Å². The molecule has 4 heterocycles. The fourth-order valence-corrected chi connectivity index (χ4v) is 8.81. The Kier molecular flexibility index (Phi) is 6.95. The van der Waals surface area contributed by atoms with Crippen molar-refractivity contribution in [2.45, 2.75) is 12.0 Å². The molecular formula is C51H32N4O2. The molecule has 7 aromatic carbocycles. The highest BCUT2D eigenvalue weighted by atomic mass is 16.3. The Morgan fingerprint density at radius 1 is 0.439 bits per heavy atom. The third-order valence-electron chi connectivity index (χ3n) is 11.5. The van der Waals surface area contributed by atoms with Gasteiger partial charge in [0, 0.05) is 44.3 Å². The van der Waals surface area contributed by atoms with Gasteiger partial charge in [-0.3, -0.25) is 0 Å². The Morgan fingerprint density at radius 3 is 1.96 bits per heavy atom. The van der Waals surface area contributed by atoms with Crippen molar-refractivity contribution in [2.75, 3.05) is 4.90 Å². The lowest BCUT2D eigenvalue weighted by Crippen LogP contribution is -2.28. The number of hydrogen-bond acceptors (Lipinski definition) is 6. The molecular weight excluding hydrogens is 701 g/mol. The first-order valence-corrected chi connectivity index (χ1v) is 19.3. The third-order valence-corrected chi connectivity index (χ3v) is 11.5. The molecule has 1 aliphatic carbocycles. The summed E-state index contributed by atoms with van der Waals surface area (Å²) in [7, 11) is 0. The second-order valence-corrected chi connectivity index (χ2v) is 14.7. The van der Waals surface area contributed by atoms with Crippen LogP contribution < -0.4 is 4.90 Å². The lowest BCUT2D eigenvalue weighted by molar-refractivity contribution is 0.668. The van der Waals surface area contributed by atoms with Gasteiger partial charge in [0.15, 0.2) is 23.1 Å². The van der Waals surface area contributed by atoms with Crippen LogP contribution in [0, 0.1) is 0 Å². The lowest BCUT2D eigenvalue weighted by Gasteiger charge is -2.28. The van der Waals surface area contributed by atoms with E-state index in [1.54, 1.807) is 0 Å². The molecule has 0 radical (unpaired) electrons. The number of anilines is 2. The van der Waals surface area contributed by atoms with Crippen LogP contribution >= 0.6 is 0 Å². The summed E-state index contributed by atoms with van der Waals surface area (Å²) in [5.41, 5.74) is 11.4. The number of nitrogens with zero attached hydrogens (tertiary/aromatic N) is 4. The molecule has 268 valence electrons. The second kappa shape index (κ2) is 12.5. The zero-order chi connectivity index (χ0) is 37.5. The second-order valence-electron chi connectivity index (χ2n) is 14.7. The first-order chi connectivity index (χ1) is 28.2. The average molecular weight is 733 g/mol. The molecule has 0 N–H and O–H groups in total. The largest absolute Gasteiger partial charge is 0.456 e. The summed E-state index contributed by atoms with van der Waals surface area (Å²) in [5, 5.41) is 4.19. The number of benzene rings is 7. The van der Waals surface area contributed by atoms with Gasteiger partial charge in [-0.25, -0.2) is 15.0 Å². The zero-order valence-corrected chi connectivity index (χ0v) is 30.6. The number of aromatic nitrogens is 3. The van der Waals surface area contributed by atoms with E-state index < -0.39 is 0 Å². The van der Waals surface area contributed by atoms with E-state index in [-0.39, 0.29) is 12.0 Å². The topological polar surface area (TPSA) is 68.2 Å². The molecule has 0 fully saturated rings. The number of para-hydroxylation sites is 3. The van der Waals surface area contributed by atoms with Gasteiger partial charge >= 0.3 is 0 Å². The third kappa shape index (κ3) is 5.00. The molecule has 10 aromatic rings. The minimum Gasteiger partial charge on any atom is -0.456 e. The fraction of sp³-hybridized carbons (Fsp3) is 0.0392. The molecule has 1 aliphatic heterocycles. The summed E-state index contributed by atoms with van der Waals surface area (Å²) >= 11 is 0. The molecule has 6 heteroatoms. The normalized spacial score (nSPS) is 15.9. The van der Waals surface area contributed by atoms with Crippen LogP contribution in [0.5, 0.6) is 0 Å². The average Bonchev–Trinajstić information content (AvgIpc) is 3.96. The maximum Gasteiger partial charge on any atom is 0.167 e. The number of rotatable bonds is 5. The maximum absolute atomic E-state index is 7.09. The first-order valence-electron chi connectivity index (χ1n) is 19.3. The van der Waals surface area contributed by atoms with Crippen molar-refractivity contribution in [1.29, 1.82) is 0 Å². The van der Waals surface area contributed by atoms with Crippen molar-refractivity contribution >= 4 is 55.3 Å². The Morgan fingerprint density at radius 2 is 1.09 bits per heavy atom. The Labute approximate surface area is 327 Å². The molecule has 12 rings (SSSR count). The van der Waals surface area contributed by atoms with Gasteiger partial charge in [0.1, 0.15) is 16.7 Å². The van der Waals surface area contributed by atoms with E-state index in [4.69, 9.17) is 23.8 Å². The van der Waals surface area contributed by atoms with Crippen LogP contribution in [0.2, 0.25) is 0 Å². The number of furan rings is 2. The van der Waals surface area contributed by atoms with Crippen molar-refractivity contribution in [2.24, 2.45) is 0 Å². The van der Waals surface area contributed by atoms with Gasteiger partial charge in [-0.05, 0) is 59.2 Å². The van der Waals surface area contributed by atoms with E-state index in [2.05, 4.69) is 157 Å². The number of allylic oxidation sites excluding steroid dienone is 2. The van der Waals surface area contributed by atoms with Crippen molar-refractivity contribution in [3.63, 3.8) is 0 Å². The monoisotopic (exact) mass is 732 g/mol. The van der Waals surface area contributed by atoms with Crippen LogP contribution in [0.4, 0.5) is 11.4 Å². The molecule has 57 heavy (non-hydrogen) atoms. The molecule has 2 unspecified atom stereocenters. The van der Waals surface area contributed by atoms with Gasteiger partial charge in [-0.2, -0.15) is 0 Å². The minimum absolute atomic E-state index is 0.148. The molecule has 2 aliphatic rings.